The van der Waals surface area contributed by atoms with Crippen LogP contribution in [-0.2, 0) is 0 Å². The molecule has 84 valence electrons. The lowest BCUT2D eigenvalue weighted by Gasteiger charge is -2.29. The van der Waals surface area contributed by atoms with Crippen LogP contribution in [0.1, 0.15) is 46.5 Å². The number of aliphatic hydroxyl groups excluding tert-OH is 1. The standard InChI is InChI=1S/C12H25NO/c1-4-12(3,9-14)8-13-11-7-5-6-10(11)2/h10-11,13-14H,4-9H2,1-3H3. The highest BCUT2D eigenvalue weighted by Crippen LogP contribution is 2.26. The minimum Gasteiger partial charge on any atom is -0.396 e. The number of nitrogens with one attached hydrogen (secondary N) is 1. The van der Waals surface area contributed by atoms with Gasteiger partial charge in [-0.25, -0.2) is 0 Å². The molecule has 1 saturated carbocycles. The van der Waals surface area contributed by atoms with Gasteiger partial charge in [0.1, 0.15) is 0 Å². The molecule has 0 saturated heterocycles. The minimum atomic E-state index is 0.0717. The molecule has 0 bridgehead atoms. The number of rotatable bonds is 5. The van der Waals surface area contributed by atoms with Crippen LogP contribution in [-0.4, -0.2) is 24.3 Å². The van der Waals surface area contributed by atoms with E-state index in [9.17, 15) is 5.11 Å². The van der Waals surface area contributed by atoms with E-state index in [2.05, 4.69) is 26.1 Å². The number of hydrogen-bond acceptors (Lipinski definition) is 2. The Morgan fingerprint density at radius 1 is 1.43 bits per heavy atom. The van der Waals surface area contributed by atoms with E-state index < -0.39 is 0 Å². The maximum absolute atomic E-state index is 9.29. The van der Waals surface area contributed by atoms with E-state index in [4.69, 9.17) is 0 Å². The lowest BCUT2D eigenvalue weighted by molar-refractivity contribution is 0.130. The fraction of sp³-hybridized carbons (Fsp3) is 1.00. The van der Waals surface area contributed by atoms with E-state index in [0.29, 0.717) is 6.04 Å². The van der Waals surface area contributed by atoms with Gasteiger partial charge in [-0.3, -0.25) is 0 Å². The van der Waals surface area contributed by atoms with E-state index in [0.717, 1.165) is 18.9 Å². The smallest absolute Gasteiger partial charge is 0.0496 e. The molecule has 1 rings (SSSR count). The SMILES string of the molecule is CCC(C)(CO)CNC1CCCC1C. The van der Waals surface area contributed by atoms with Crippen molar-refractivity contribution < 1.29 is 5.11 Å². The van der Waals surface area contributed by atoms with Crippen molar-refractivity contribution in [1.82, 2.24) is 5.32 Å². The summed E-state index contributed by atoms with van der Waals surface area (Å²) >= 11 is 0. The highest BCUT2D eigenvalue weighted by molar-refractivity contribution is 4.83. The molecule has 2 nitrogen and oxygen atoms in total. The third kappa shape index (κ3) is 2.96. The average Bonchev–Trinajstić information content (AvgIpc) is 2.61. The summed E-state index contributed by atoms with van der Waals surface area (Å²) in [5.41, 5.74) is 0.0717. The molecule has 2 heteroatoms. The molecule has 14 heavy (non-hydrogen) atoms. The molecule has 0 aliphatic heterocycles. The zero-order valence-electron chi connectivity index (χ0n) is 9.84. The average molecular weight is 199 g/mol. The second-order valence-electron chi connectivity index (χ2n) is 5.22. The molecule has 3 atom stereocenters. The summed E-state index contributed by atoms with van der Waals surface area (Å²) in [6.45, 7) is 7.87. The second-order valence-corrected chi connectivity index (χ2v) is 5.22. The van der Waals surface area contributed by atoms with Crippen LogP contribution >= 0.6 is 0 Å². The van der Waals surface area contributed by atoms with Gasteiger partial charge in [0.15, 0.2) is 0 Å². The maximum atomic E-state index is 9.29. The first-order valence-electron chi connectivity index (χ1n) is 5.95. The van der Waals surface area contributed by atoms with Gasteiger partial charge in [0.05, 0.1) is 0 Å². The first-order chi connectivity index (χ1) is 6.61. The summed E-state index contributed by atoms with van der Waals surface area (Å²) in [5, 5.41) is 12.9. The van der Waals surface area contributed by atoms with Crippen molar-refractivity contribution in [2.75, 3.05) is 13.2 Å². The van der Waals surface area contributed by atoms with Gasteiger partial charge in [0.25, 0.3) is 0 Å². The highest BCUT2D eigenvalue weighted by Gasteiger charge is 2.26. The summed E-state index contributed by atoms with van der Waals surface area (Å²) in [4.78, 5) is 0. The minimum absolute atomic E-state index is 0.0717. The monoisotopic (exact) mass is 199 g/mol. The predicted octanol–water partition coefficient (Wildman–Crippen LogP) is 2.17. The van der Waals surface area contributed by atoms with Crippen molar-refractivity contribution in [2.45, 2.75) is 52.5 Å². The van der Waals surface area contributed by atoms with Crippen LogP contribution in [0.2, 0.25) is 0 Å². The Balaban J connectivity index is 2.31. The second kappa shape index (κ2) is 5.13. The van der Waals surface area contributed by atoms with Gasteiger partial charge in [-0.05, 0) is 25.2 Å². The van der Waals surface area contributed by atoms with Crippen LogP contribution in [0.15, 0.2) is 0 Å². The van der Waals surface area contributed by atoms with Gasteiger partial charge in [-0.2, -0.15) is 0 Å². The van der Waals surface area contributed by atoms with Crippen molar-refractivity contribution in [2.24, 2.45) is 11.3 Å². The van der Waals surface area contributed by atoms with Gasteiger partial charge in [-0.1, -0.05) is 27.2 Å². The summed E-state index contributed by atoms with van der Waals surface area (Å²) in [6, 6.07) is 0.687. The molecule has 0 aromatic heterocycles. The molecule has 0 amide bonds. The molecule has 1 aliphatic carbocycles. The lowest BCUT2D eigenvalue weighted by atomic mass is 9.88. The topological polar surface area (TPSA) is 32.3 Å². The molecule has 1 fully saturated rings. The van der Waals surface area contributed by atoms with Crippen molar-refractivity contribution in [3.63, 3.8) is 0 Å². The van der Waals surface area contributed by atoms with E-state index in [1.54, 1.807) is 0 Å². The number of aliphatic hydroxyl groups is 1. The van der Waals surface area contributed by atoms with E-state index in [1.165, 1.54) is 19.3 Å². The van der Waals surface area contributed by atoms with Crippen LogP contribution in [0, 0.1) is 11.3 Å². The van der Waals surface area contributed by atoms with Crippen LogP contribution in [0.3, 0.4) is 0 Å². The fourth-order valence-corrected chi connectivity index (χ4v) is 2.12. The van der Waals surface area contributed by atoms with Gasteiger partial charge in [0, 0.05) is 24.6 Å². The van der Waals surface area contributed by atoms with Crippen molar-refractivity contribution >= 4 is 0 Å². The molecule has 0 heterocycles. The van der Waals surface area contributed by atoms with Gasteiger partial charge < -0.3 is 10.4 Å². The first-order valence-corrected chi connectivity index (χ1v) is 5.95. The van der Waals surface area contributed by atoms with E-state index >= 15 is 0 Å². The van der Waals surface area contributed by atoms with Crippen molar-refractivity contribution in [1.29, 1.82) is 0 Å². The molecular weight excluding hydrogens is 174 g/mol. The third-order valence-corrected chi connectivity index (χ3v) is 3.89. The Hall–Kier alpha value is -0.0800. The molecular formula is C12H25NO. The molecule has 0 spiro atoms. The summed E-state index contributed by atoms with van der Waals surface area (Å²) in [5.74, 6) is 0.815. The Bertz CT molecular complexity index is 166. The molecule has 0 aromatic rings. The Kier molecular flexibility index (Phi) is 4.39. The largest absolute Gasteiger partial charge is 0.396 e. The van der Waals surface area contributed by atoms with E-state index in [-0.39, 0.29) is 12.0 Å². The van der Waals surface area contributed by atoms with Crippen LogP contribution < -0.4 is 5.32 Å². The highest BCUT2D eigenvalue weighted by atomic mass is 16.3. The molecule has 3 unspecified atom stereocenters. The van der Waals surface area contributed by atoms with Gasteiger partial charge in [0.2, 0.25) is 0 Å². The van der Waals surface area contributed by atoms with Crippen LogP contribution in [0.4, 0.5) is 0 Å². The Morgan fingerprint density at radius 2 is 2.14 bits per heavy atom. The van der Waals surface area contributed by atoms with Crippen molar-refractivity contribution in [3.8, 4) is 0 Å². The normalized spacial score (nSPS) is 31.7. The Morgan fingerprint density at radius 3 is 2.57 bits per heavy atom. The number of hydrogen-bond donors (Lipinski definition) is 2. The summed E-state index contributed by atoms with van der Waals surface area (Å²) in [6.07, 6.45) is 5.07. The zero-order valence-corrected chi connectivity index (χ0v) is 9.84. The lowest BCUT2D eigenvalue weighted by Crippen LogP contribution is -2.41. The molecule has 0 radical (unpaired) electrons. The summed E-state index contributed by atoms with van der Waals surface area (Å²) in [7, 11) is 0. The molecule has 1 aliphatic rings. The van der Waals surface area contributed by atoms with Crippen molar-refractivity contribution in [3.05, 3.63) is 0 Å². The van der Waals surface area contributed by atoms with Crippen LogP contribution in [0.5, 0.6) is 0 Å². The fourth-order valence-electron chi connectivity index (χ4n) is 2.12. The van der Waals surface area contributed by atoms with Crippen LogP contribution in [0.25, 0.3) is 0 Å². The molecule has 2 N–H and O–H groups in total. The van der Waals surface area contributed by atoms with Gasteiger partial charge >= 0.3 is 0 Å². The molecule has 0 aromatic carbocycles. The third-order valence-electron chi connectivity index (χ3n) is 3.89. The van der Waals surface area contributed by atoms with Gasteiger partial charge in [-0.15, -0.1) is 0 Å². The zero-order chi connectivity index (χ0) is 10.6. The van der Waals surface area contributed by atoms with E-state index in [1.807, 2.05) is 0 Å². The predicted molar refractivity (Wildman–Crippen MR) is 60.3 cm³/mol. The maximum Gasteiger partial charge on any atom is 0.0496 e. The first kappa shape index (κ1) is 12.0. The summed E-state index contributed by atoms with van der Waals surface area (Å²) < 4.78 is 0. The quantitative estimate of drug-likeness (QED) is 0.711. The Labute approximate surface area is 88.1 Å².